The fourth-order valence-corrected chi connectivity index (χ4v) is 2.18. The summed E-state index contributed by atoms with van der Waals surface area (Å²) >= 11 is 1.70. The van der Waals surface area contributed by atoms with Crippen molar-refractivity contribution in [3.63, 3.8) is 0 Å². The summed E-state index contributed by atoms with van der Waals surface area (Å²) in [7, 11) is 0. The average Bonchev–Trinajstić information content (AvgIpc) is 2.71. The molecule has 0 radical (unpaired) electrons. The van der Waals surface area contributed by atoms with Crippen LogP contribution in [-0.2, 0) is 6.54 Å². The highest BCUT2D eigenvalue weighted by atomic mass is 32.1. The van der Waals surface area contributed by atoms with Crippen molar-refractivity contribution in [2.45, 2.75) is 40.7 Å². The molecule has 0 aromatic carbocycles. The SMILES string of the molecule is CCNC(=NCc1cnc(C)s1)NCCC(C)C. The molecule has 1 rings (SSSR count). The van der Waals surface area contributed by atoms with Gasteiger partial charge in [0.2, 0.25) is 0 Å². The summed E-state index contributed by atoms with van der Waals surface area (Å²) in [4.78, 5) is 10.00. The number of thiazole rings is 1. The smallest absolute Gasteiger partial charge is 0.191 e. The number of nitrogens with zero attached hydrogens (tertiary/aromatic N) is 2. The minimum Gasteiger partial charge on any atom is -0.357 e. The second-order valence-electron chi connectivity index (χ2n) is 4.65. The van der Waals surface area contributed by atoms with E-state index in [9.17, 15) is 0 Å². The van der Waals surface area contributed by atoms with Crippen molar-refractivity contribution < 1.29 is 0 Å². The fraction of sp³-hybridized carbons (Fsp3) is 0.692. The molecule has 0 aliphatic rings. The number of guanidine groups is 1. The molecule has 1 aromatic rings. The van der Waals surface area contributed by atoms with E-state index in [0.29, 0.717) is 12.5 Å². The molecule has 1 aromatic heterocycles. The molecule has 0 aliphatic carbocycles. The fourth-order valence-electron chi connectivity index (χ4n) is 1.46. The van der Waals surface area contributed by atoms with Gasteiger partial charge in [-0.05, 0) is 26.2 Å². The third-order valence-corrected chi connectivity index (χ3v) is 3.32. The van der Waals surface area contributed by atoms with Crippen LogP contribution in [0.5, 0.6) is 0 Å². The molecule has 0 saturated heterocycles. The number of aromatic nitrogens is 1. The molecule has 5 heteroatoms. The van der Waals surface area contributed by atoms with Crippen molar-refractivity contribution in [2.24, 2.45) is 10.9 Å². The summed E-state index contributed by atoms with van der Waals surface area (Å²) in [5.41, 5.74) is 0. The predicted molar refractivity (Wildman–Crippen MR) is 79.1 cm³/mol. The van der Waals surface area contributed by atoms with Crippen LogP contribution >= 0.6 is 11.3 Å². The molecule has 0 aliphatic heterocycles. The van der Waals surface area contributed by atoms with Gasteiger partial charge in [-0.25, -0.2) is 9.98 Å². The molecule has 18 heavy (non-hydrogen) atoms. The van der Waals surface area contributed by atoms with E-state index >= 15 is 0 Å². The first-order valence-corrected chi connectivity index (χ1v) is 7.37. The van der Waals surface area contributed by atoms with Crippen molar-refractivity contribution in [1.29, 1.82) is 0 Å². The Morgan fingerprint density at radius 2 is 2.22 bits per heavy atom. The van der Waals surface area contributed by atoms with Crippen LogP contribution in [0.2, 0.25) is 0 Å². The summed E-state index contributed by atoms with van der Waals surface area (Å²) < 4.78 is 0. The topological polar surface area (TPSA) is 49.3 Å². The number of hydrogen-bond donors (Lipinski definition) is 2. The zero-order valence-electron chi connectivity index (χ0n) is 11.8. The summed E-state index contributed by atoms with van der Waals surface area (Å²) in [6.07, 6.45) is 3.06. The zero-order valence-corrected chi connectivity index (χ0v) is 12.6. The molecule has 0 fully saturated rings. The highest BCUT2D eigenvalue weighted by molar-refractivity contribution is 7.11. The van der Waals surface area contributed by atoms with Gasteiger partial charge < -0.3 is 10.6 Å². The molecule has 2 N–H and O–H groups in total. The van der Waals surface area contributed by atoms with Gasteiger partial charge in [-0.2, -0.15) is 0 Å². The zero-order chi connectivity index (χ0) is 13.4. The lowest BCUT2D eigenvalue weighted by Gasteiger charge is -2.11. The highest BCUT2D eigenvalue weighted by Crippen LogP contribution is 2.12. The van der Waals surface area contributed by atoms with Crippen molar-refractivity contribution in [2.75, 3.05) is 13.1 Å². The average molecular weight is 268 g/mol. The Balaban J connectivity index is 2.44. The van der Waals surface area contributed by atoms with Crippen LogP contribution in [0, 0.1) is 12.8 Å². The third-order valence-electron chi connectivity index (χ3n) is 2.42. The highest BCUT2D eigenvalue weighted by Gasteiger charge is 2.00. The summed E-state index contributed by atoms with van der Waals surface area (Å²) in [6.45, 7) is 11.1. The van der Waals surface area contributed by atoms with Crippen LogP contribution < -0.4 is 10.6 Å². The van der Waals surface area contributed by atoms with Crippen LogP contribution in [0.15, 0.2) is 11.2 Å². The Hall–Kier alpha value is -1.10. The number of hydrogen-bond acceptors (Lipinski definition) is 3. The monoisotopic (exact) mass is 268 g/mol. The largest absolute Gasteiger partial charge is 0.357 e. The Labute approximate surface area is 114 Å². The van der Waals surface area contributed by atoms with Crippen LogP contribution in [0.25, 0.3) is 0 Å². The van der Waals surface area contributed by atoms with Gasteiger partial charge >= 0.3 is 0 Å². The second kappa shape index (κ2) is 8.08. The van der Waals surface area contributed by atoms with Gasteiger partial charge in [0, 0.05) is 24.2 Å². The molecule has 0 amide bonds. The molecule has 4 nitrogen and oxygen atoms in total. The van der Waals surface area contributed by atoms with Gasteiger partial charge in [-0.1, -0.05) is 13.8 Å². The number of aryl methyl sites for hydroxylation is 1. The maximum absolute atomic E-state index is 4.56. The van der Waals surface area contributed by atoms with Gasteiger partial charge in [0.15, 0.2) is 5.96 Å². The van der Waals surface area contributed by atoms with E-state index in [1.807, 2.05) is 13.1 Å². The van der Waals surface area contributed by atoms with Gasteiger partial charge in [0.05, 0.1) is 11.6 Å². The van der Waals surface area contributed by atoms with Gasteiger partial charge in [-0.3, -0.25) is 0 Å². The van der Waals surface area contributed by atoms with E-state index < -0.39 is 0 Å². The Kier molecular flexibility index (Phi) is 6.72. The third kappa shape index (κ3) is 6.00. The van der Waals surface area contributed by atoms with Crippen molar-refractivity contribution in [1.82, 2.24) is 15.6 Å². The molecule has 0 atom stereocenters. The van der Waals surface area contributed by atoms with Gasteiger partial charge in [0.25, 0.3) is 0 Å². The molecule has 102 valence electrons. The Morgan fingerprint density at radius 3 is 2.78 bits per heavy atom. The summed E-state index contributed by atoms with van der Waals surface area (Å²) in [6, 6.07) is 0. The normalized spacial score (nSPS) is 11.9. The molecule has 0 unspecified atom stereocenters. The van der Waals surface area contributed by atoms with Crippen molar-refractivity contribution in [3.8, 4) is 0 Å². The van der Waals surface area contributed by atoms with Crippen molar-refractivity contribution >= 4 is 17.3 Å². The van der Waals surface area contributed by atoms with E-state index in [1.165, 1.54) is 4.88 Å². The van der Waals surface area contributed by atoms with E-state index in [4.69, 9.17) is 0 Å². The number of nitrogens with one attached hydrogen (secondary N) is 2. The molecule has 0 spiro atoms. The van der Waals surface area contributed by atoms with E-state index in [1.54, 1.807) is 11.3 Å². The van der Waals surface area contributed by atoms with Crippen LogP contribution in [0.4, 0.5) is 0 Å². The van der Waals surface area contributed by atoms with E-state index in [0.717, 1.165) is 30.5 Å². The lowest BCUT2D eigenvalue weighted by atomic mass is 10.1. The molecule has 0 bridgehead atoms. The summed E-state index contributed by atoms with van der Waals surface area (Å²) in [5.74, 6) is 1.61. The first kappa shape index (κ1) is 15.0. The first-order valence-electron chi connectivity index (χ1n) is 6.55. The minimum atomic E-state index is 0.697. The maximum Gasteiger partial charge on any atom is 0.191 e. The lowest BCUT2D eigenvalue weighted by molar-refractivity contribution is 0.574. The minimum absolute atomic E-state index is 0.697. The van der Waals surface area contributed by atoms with Crippen LogP contribution in [-0.4, -0.2) is 24.0 Å². The first-order chi connectivity index (χ1) is 8.61. The second-order valence-corrected chi connectivity index (χ2v) is 5.97. The molecule has 1 heterocycles. The standard InChI is InChI=1S/C13H24N4S/c1-5-14-13(15-7-6-10(2)3)17-9-12-8-16-11(4)18-12/h8,10H,5-7,9H2,1-4H3,(H2,14,15,17). The number of rotatable bonds is 6. The molecular weight excluding hydrogens is 244 g/mol. The molecular formula is C13H24N4S. The van der Waals surface area contributed by atoms with Gasteiger partial charge in [-0.15, -0.1) is 11.3 Å². The maximum atomic E-state index is 4.56. The Bertz CT molecular complexity index is 371. The number of aliphatic imine (C=N–C) groups is 1. The van der Waals surface area contributed by atoms with Crippen LogP contribution in [0.1, 0.15) is 37.1 Å². The Morgan fingerprint density at radius 1 is 1.44 bits per heavy atom. The van der Waals surface area contributed by atoms with Gasteiger partial charge in [0.1, 0.15) is 0 Å². The quantitative estimate of drug-likeness (QED) is 0.616. The molecule has 0 saturated carbocycles. The van der Waals surface area contributed by atoms with Crippen molar-refractivity contribution in [3.05, 3.63) is 16.1 Å². The van der Waals surface area contributed by atoms with Crippen LogP contribution in [0.3, 0.4) is 0 Å². The predicted octanol–water partition coefficient (Wildman–Crippen LogP) is 2.55. The van der Waals surface area contributed by atoms with E-state index in [-0.39, 0.29) is 0 Å². The van der Waals surface area contributed by atoms with E-state index in [2.05, 4.69) is 41.4 Å². The lowest BCUT2D eigenvalue weighted by Crippen LogP contribution is -2.38. The summed E-state index contributed by atoms with van der Waals surface area (Å²) in [5, 5.41) is 7.70.